The molecule has 0 N–H and O–H groups in total. The zero-order chi connectivity index (χ0) is 9.78. The van der Waals surface area contributed by atoms with Crippen LogP contribution < -0.4 is 0 Å². The average molecular weight is 188 g/mol. The molecule has 0 spiro atoms. The summed E-state index contributed by atoms with van der Waals surface area (Å²) < 4.78 is 5.84. The van der Waals surface area contributed by atoms with Crippen molar-refractivity contribution in [3.63, 3.8) is 0 Å². The van der Waals surface area contributed by atoms with E-state index < -0.39 is 0 Å². The van der Waals surface area contributed by atoms with Crippen molar-refractivity contribution in [2.75, 3.05) is 0 Å². The maximum absolute atomic E-state index is 5.84. The fourth-order valence-corrected chi connectivity index (χ4v) is 3.36. The largest absolute Gasteiger partial charge is 0.422 e. The van der Waals surface area contributed by atoms with E-state index in [4.69, 9.17) is 4.43 Å². The van der Waals surface area contributed by atoms with Gasteiger partial charge in [0.05, 0.1) is 5.60 Å². The standard InChI is InChI=1S/C10H24OSi/c1-6-7-10(11-12,8(2)3)9(4)5/h8-9H,6-7H2,1-5,12H3. The lowest BCUT2D eigenvalue weighted by Crippen LogP contribution is -2.43. The lowest BCUT2D eigenvalue weighted by molar-refractivity contribution is -0.0229. The van der Waals surface area contributed by atoms with Crippen LogP contribution in [-0.4, -0.2) is 16.1 Å². The molecule has 0 rings (SSSR count). The van der Waals surface area contributed by atoms with Gasteiger partial charge in [-0.3, -0.25) is 0 Å². The van der Waals surface area contributed by atoms with Crippen molar-refractivity contribution < 1.29 is 4.43 Å². The SMILES string of the molecule is CCCC(O[SiH3])(C(C)C)C(C)C. The van der Waals surface area contributed by atoms with Crippen molar-refractivity contribution in [2.45, 2.75) is 53.1 Å². The van der Waals surface area contributed by atoms with Gasteiger partial charge in [-0.2, -0.15) is 0 Å². The van der Waals surface area contributed by atoms with Gasteiger partial charge in [-0.15, -0.1) is 0 Å². The lowest BCUT2D eigenvalue weighted by Gasteiger charge is -2.41. The molecule has 0 aromatic heterocycles. The smallest absolute Gasteiger partial charge is 0.146 e. The zero-order valence-electron chi connectivity index (χ0n) is 9.48. The molecule has 74 valence electrons. The van der Waals surface area contributed by atoms with Gasteiger partial charge in [0.15, 0.2) is 0 Å². The van der Waals surface area contributed by atoms with Crippen LogP contribution in [0.1, 0.15) is 47.5 Å². The summed E-state index contributed by atoms with van der Waals surface area (Å²) in [6.07, 6.45) is 2.42. The molecule has 0 aliphatic rings. The van der Waals surface area contributed by atoms with Crippen molar-refractivity contribution in [3.05, 3.63) is 0 Å². The second kappa shape index (κ2) is 5.03. The zero-order valence-corrected chi connectivity index (χ0v) is 11.5. The Balaban J connectivity index is 4.51. The molecule has 0 heterocycles. The third-order valence-corrected chi connectivity index (χ3v) is 3.74. The first-order valence-electron chi connectivity index (χ1n) is 5.06. The predicted molar refractivity (Wildman–Crippen MR) is 58.3 cm³/mol. The normalized spacial score (nSPS) is 13.2. The maximum Gasteiger partial charge on any atom is 0.146 e. The third-order valence-electron chi connectivity index (χ3n) is 2.98. The summed E-state index contributed by atoms with van der Waals surface area (Å²) in [4.78, 5) is 0. The molecule has 0 aliphatic carbocycles. The first kappa shape index (κ1) is 12.2. The first-order valence-corrected chi connectivity index (χ1v) is 5.88. The van der Waals surface area contributed by atoms with Crippen LogP contribution in [0, 0.1) is 11.8 Å². The predicted octanol–water partition coefficient (Wildman–Crippen LogP) is 2.13. The highest BCUT2D eigenvalue weighted by Crippen LogP contribution is 2.33. The maximum atomic E-state index is 5.84. The van der Waals surface area contributed by atoms with Gasteiger partial charge in [-0.25, -0.2) is 0 Å². The highest BCUT2D eigenvalue weighted by atomic mass is 28.2. The summed E-state index contributed by atoms with van der Waals surface area (Å²) >= 11 is 0. The summed E-state index contributed by atoms with van der Waals surface area (Å²) in [5, 5.41) is 0. The van der Waals surface area contributed by atoms with E-state index in [9.17, 15) is 0 Å². The molecule has 12 heavy (non-hydrogen) atoms. The molecule has 0 aliphatic heterocycles. The van der Waals surface area contributed by atoms with Crippen LogP contribution >= 0.6 is 0 Å². The van der Waals surface area contributed by atoms with Crippen molar-refractivity contribution in [3.8, 4) is 0 Å². The molecule has 1 nitrogen and oxygen atoms in total. The topological polar surface area (TPSA) is 9.23 Å². The second-order valence-corrected chi connectivity index (χ2v) is 4.63. The summed E-state index contributed by atoms with van der Waals surface area (Å²) in [6.45, 7) is 11.3. The molecule has 0 amide bonds. The van der Waals surface area contributed by atoms with E-state index in [-0.39, 0.29) is 5.60 Å². The van der Waals surface area contributed by atoms with E-state index in [0.29, 0.717) is 11.8 Å². The summed E-state index contributed by atoms with van der Waals surface area (Å²) in [5.74, 6) is 1.27. The highest BCUT2D eigenvalue weighted by molar-refractivity contribution is 5.98. The molecule has 0 saturated heterocycles. The van der Waals surface area contributed by atoms with E-state index in [1.165, 1.54) is 12.8 Å². The van der Waals surface area contributed by atoms with E-state index in [1.54, 1.807) is 0 Å². The van der Waals surface area contributed by atoms with E-state index in [1.807, 2.05) is 0 Å². The number of hydrogen-bond donors (Lipinski definition) is 0. The Morgan fingerprint density at radius 1 is 1.17 bits per heavy atom. The van der Waals surface area contributed by atoms with Gasteiger partial charge in [-0.1, -0.05) is 41.0 Å². The highest BCUT2D eigenvalue weighted by Gasteiger charge is 2.35. The molecule has 0 aromatic rings. The summed E-state index contributed by atoms with van der Waals surface area (Å²) in [5.41, 5.74) is 0.154. The molecule has 0 bridgehead atoms. The monoisotopic (exact) mass is 188 g/mol. The minimum Gasteiger partial charge on any atom is -0.422 e. The molecule has 0 unspecified atom stereocenters. The third kappa shape index (κ3) is 2.33. The van der Waals surface area contributed by atoms with Crippen LogP contribution in [0.3, 0.4) is 0 Å². The van der Waals surface area contributed by atoms with Crippen LogP contribution in [0.4, 0.5) is 0 Å². The van der Waals surface area contributed by atoms with E-state index in [2.05, 4.69) is 34.6 Å². The van der Waals surface area contributed by atoms with Gasteiger partial charge in [0.1, 0.15) is 10.5 Å². The Morgan fingerprint density at radius 3 is 1.67 bits per heavy atom. The molecule has 0 aromatic carbocycles. The quantitative estimate of drug-likeness (QED) is 0.601. The second-order valence-electron chi connectivity index (χ2n) is 4.22. The Morgan fingerprint density at radius 2 is 1.58 bits per heavy atom. The van der Waals surface area contributed by atoms with Crippen LogP contribution in [0.5, 0.6) is 0 Å². The Labute approximate surface area is 80.4 Å². The molecule has 0 saturated carbocycles. The van der Waals surface area contributed by atoms with Crippen molar-refractivity contribution >= 4 is 10.5 Å². The molecule has 0 fully saturated rings. The van der Waals surface area contributed by atoms with Gasteiger partial charge in [0.25, 0.3) is 0 Å². The van der Waals surface area contributed by atoms with Gasteiger partial charge < -0.3 is 4.43 Å². The molecule has 0 atom stereocenters. The van der Waals surface area contributed by atoms with Crippen molar-refractivity contribution in [2.24, 2.45) is 11.8 Å². The van der Waals surface area contributed by atoms with Crippen molar-refractivity contribution in [1.82, 2.24) is 0 Å². The van der Waals surface area contributed by atoms with Crippen LogP contribution in [0.2, 0.25) is 0 Å². The van der Waals surface area contributed by atoms with Crippen LogP contribution in [-0.2, 0) is 4.43 Å². The Bertz CT molecular complexity index is 113. The fraction of sp³-hybridized carbons (Fsp3) is 1.00. The molecule has 2 heteroatoms. The minimum absolute atomic E-state index is 0.154. The number of hydrogen-bond acceptors (Lipinski definition) is 1. The fourth-order valence-electron chi connectivity index (χ4n) is 2.21. The molecule has 0 radical (unpaired) electrons. The summed E-state index contributed by atoms with van der Waals surface area (Å²) in [7, 11) is 0.856. The van der Waals surface area contributed by atoms with E-state index >= 15 is 0 Å². The van der Waals surface area contributed by atoms with Gasteiger partial charge in [0.2, 0.25) is 0 Å². The molecular formula is C10H24OSi. The Kier molecular flexibility index (Phi) is 5.10. The van der Waals surface area contributed by atoms with Crippen LogP contribution in [0.15, 0.2) is 0 Å². The summed E-state index contributed by atoms with van der Waals surface area (Å²) in [6, 6.07) is 0. The average Bonchev–Trinajstić information content (AvgIpc) is 1.98. The van der Waals surface area contributed by atoms with Gasteiger partial charge in [0, 0.05) is 0 Å². The first-order chi connectivity index (χ1) is 5.51. The van der Waals surface area contributed by atoms with Crippen molar-refractivity contribution in [1.29, 1.82) is 0 Å². The van der Waals surface area contributed by atoms with Crippen LogP contribution in [0.25, 0.3) is 0 Å². The number of rotatable bonds is 5. The minimum atomic E-state index is 0.154. The Hall–Kier alpha value is 0.177. The lowest BCUT2D eigenvalue weighted by atomic mass is 9.77. The van der Waals surface area contributed by atoms with Gasteiger partial charge >= 0.3 is 0 Å². The van der Waals surface area contributed by atoms with Gasteiger partial charge in [-0.05, 0) is 18.3 Å². The van der Waals surface area contributed by atoms with E-state index in [0.717, 1.165) is 10.5 Å². The molecular weight excluding hydrogens is 164 g/mol.